The van der Waals surface area contributed by atoms with Gasteiger partial charge in [0, 0.05) is 19.6 Å². The van der Waals surface area contributed by atoms with Gasteiger partial charge < -0.3 is 9.84 Å². The van der Waals surface area contributed by atoms with E-state index >= 15 is 0 Å². The van der Waals surface area contributed by atoms with Gasteiger partial charge in [0.15, 0.2) is 0 Å². The molecule has 4 nitrogen and oxygen atoms in total. The molecule has 2 aliphatic rings. The maximum atomic E-state index is 11.6. The number of rotatable bonds is 5. The topological polar surface area (TPSA) is 49.8 Å². The van der Waals surface area contributed by atoms with Gasteiger partial charge in [0.05, 0.1) is 5.41 Å². The Labute approximate surface area is 125 Å². The van der Waals surface area contributed by atoms with E-state index < -0.39 is 11.4 Å². The Balaban J connectivity index is 1.52. The van der Waals surface area contributed by atoms with Crippen molar-refractivity contribution < 1.29 is 14.6 Å². The number of ether oxygens (including phenoxy) is 1. The van der Waals surface area contributed by atoms with Crippen LogP contribution in [-0.2, 0) is 4.79 Å². The first-order chi connectivity index (χ1) is 10.1. The third-order valence-electron chi connectivity index (χ3n) is 5.03. The van der Waals surface area contributed by atoms with Crippen molar-refractivity contribution in [2.45, 2.75) is 26.2 Å². The summed E-state index contributed by atoms with van der Waals surface area (Å²) in [7, 11) is 0. The molecule has 0 unspecified atom stereocenters. The van der Waals surface area contributed by atoms with E-state index in [-0.39, 0.29) is 0 Å². The summed E-state index contributed by atoms with van der Waals surface area (Å²) in [4.78, 5) is 13.9. The van der Waals surface area contributed by atoms with Gasteiger partial charge in [0.2, 0.25) is 0 Å². The van der Waals surface area contributed by atoms with Crippen molar-refractivity contribution in [1.29, 1.82) is 0 Å². The van der Waals surface area contributed by atoms with E-state index in [1.807, 2.05) is 31.2 Å². The van der Waals surface area contributed by atoms with Gasteiger partial charge in [0.25, 0.3) is 0 Å². The Morgan fingerprint density at radius 2 is 2.38 bits per heavy atom. The van der Waals surface area contributed by atoms with Crippen molar-refractivity contribution in [2.75, 3.05) is 26.2 Å². The molecule has 21 heavy (non-hydrogen) atoms. The molecule has 3 rings (SSSR count). The van der Waals surface area contributed by atoms with Crippen LogP contribution in [0.1, 0.15) is 24.8 Å². The summed E-state index contributed by atoms with van der Waals surface area (Å²) in [6.45, 7) is 5.06. The number of likely N-dealkylation sites (tertiary alicyclic amines) is 1. The van der Waals surface area contributed by atoms with E-state index in [2.05, 4.69) is 4.90 Å². The average Bonchev–Trinajstić information content (AvgIpc) is 2.96. The van der Waals surface area contributed by atoms with Crippen LogP contribution in [0, 0.1) is 18.3 Å². The number of benzene rings is 1. The molecular formula is C17H23NO3. The predicted octanol–water partition coefficient (Wildman–Crippen LogP) is 2.56. The molecule has 2 atom stereocenters. The highest BCUT2D eigenvalue weighted by molar-refractivity contribution is 5.76. The number of hydrogen-bond donors (Lipinski definition) is 1. The van der Waals surface area contributed by atoms with Gasteiger partial charge >= 0.3 is 5.97 Å². The summed E-state index contributed by atoms with van der Waals surface area (Å²) < 4.78 is 5.78. The molecule has 1 aromatic rings. The highest BCUT2D eigenvalue weighted by Gasteiger charge is 2.54. The van der Waals surface area contributed by atoms with E-state index in [1.165, 1.54) is 5.56 Å². The van der Waals surface area contributed by atoms with Gasteiger partial charge in [-0.3, -0.25) is 9.69 Å². The largest absolute Gasteiger partial charge is 0.492 e. The summed E-state index contributed by atoms with van der Waals surface area (Å²) in [5.74, 6) is 0.614. The lowest BCUT2D eigenvalue weighted by atomic mass is 9.81. The van der Waals surface area contributed by atoms with Crippen molar-refractivity contribution in [3.05, 3.63) is 29.8 Å². The van der Waals surface area contributed by atoms with Crippen molar-refractivity contribution in [1.82, 2.24) is 4.90 Å². The lowest BCUT2D eigenvalue weighted by Crippen LogP contribution is -2.36. The first kappa shape index (κ1) is 14.4. The minimum atomic E-state index is -0.605. The summed E-state index contributed by atoms with van der Waals surface area (Å²) in [5, 5.41) is 9.57. The van der Waals surface area contributed by atoms with Crippen molar-refractivity contribution >= 4 is 5.97 Å². The van der Waals surface area contributed by atoms with E-state index in [9.17, 15) is 9.90 Å². The van der Waals surface area contributed by atoms with Gasteiger partial charge in [-0.25, -0.2) is 0 Å². The number of aryl methyl sites for hydroxylation is 1. The molecule has 0 amide bonds. The van der Waals surface area contributed by atoms with Gasteiger partial charge in [0.1, 0.15) is 12.4 Å². The third kappa shape index (κ3) is 2.77. The smallest absolute Gasteiger partial charge is 0.311 e. The van der Waals surface area contributed by atoms with Crippen LogP contribution in [0.25, 0.3) is 0 Å². The molecule has 1 saturated heterocycles. The van der Waals surface area contributed by atoms with E-state index in [4.69, 9.17) is 4.74 Å². The van der Waals surface area contributed by atoms with Crippen LogP contribution in [0.5, 0.6) is 5.75 Å². The van der Waals surface area contributed by atoms with Gasteiger partial charge in [-0.1, -0.05) is 18.6 Å². The zero-order chi connectivity index (χ0) is 14.9. The van der Waals surface area contributed by atoms with Gasteiger partial charge in [-0.05, 0) is 43.4 Å². The van der Waals surface area contributed by atoms with Gasteiger partial charge in [-0.2, -0.15) is 0 Å². The Morgan fingerprint density at radius 3 is 3.10 bits per heavy atom. The fourth-order valence-electron chi connectivity index (χ4n) is 3.91. The molecular weight excluding hydrogens is 266 g/mol. The number of hydrogen-bond acceptors (Lipinski definition) is 3. The van der Waals surface area contributed by atoms with Crippen LogP contribution >= 0.6 is 0 Å². The van der Waals surface area contributed by atoms with E-state index in [0.29, 0.717) is 19.1 Å². The Kier molecular flexibility index (Phi) is 3.89. The number of carboxylic acid groups (broad SMARTS) is 1. The predicted molar refractivity (Wildman–Crippen MR) is 80.5 cm³/mol. The summed E-state index contributed by atoms with van der Waals surface area (Å²) >= 11 is 0. The molecule has 2 fully saturated rings. The van der Waals surface area contributed by atoms with Crippen LogP contribution in [0.4, 0.5) is 0 Å². The summed E-state index contributed by atoms with van der Waals surface area (Å²) in [6, 6.07) is 8.03. The second-order valence-corrected chi connectivity index (χ2v) is 6.45. The average molecular weight is 289 g/mol. The quantitative estimate of drug-likeness (QED) is 0.905. The Morgan fingerprint density at radius 1 is 1.52 bits per heavy atom. The molecule has 1 N–H and O–H groups in total. The van der Waals surface area contributed by atoms with E-state index in [0.717, 1.165) is 38.1 Å². The molecule has 0 bridgehead atoms. The molecule has 1 saturated carbocycles. The molecule has 0 aromatic heterocycles. The number of carbonyl (C=O) groups is 1. The Bertz CT molecular complexity index is 531. The molecule has 1 aromatic carbocycles. The third-order valence-corrected chi connectivity index (χ3v) is 5.03. The molecule has 0 radical (unpaired) electrons. The molecule has 0 spiro atoms. The first-order valence-electron chi connectivity index (χ1n) is 7.75. The normalized spacial score (nSPS) is 28.5. The zero-order valence-electron chi connectivity index (χ0n) is 12.5. The molecule has 1 aliphatic heterocycles. The highest BCUT2D eigenvalue weighted by atomic mass is 16.5. The maximum Gasteiger partial charge on any atom is 0.311 e. The number of fused-ring (bicyclic) bond motifs is 1. The molecule has 4 heteroatoms. The molecule has 1 heterocycles. The van der Waals surface area contributed by atoms with Crippen molar-refractivity contribution in [3.8, 4) is 5.75 Å². The zero-order valence-corrected chi connectivity index (χ0v) is 12.5. The van der Waals surface area contributed by atoms with Crippen LogP contribution in [-0.4, -0.2) is 42.2 Å². The number of aliphatic carboxylic acids is 1. The highest BCUT2D eigenvalue weighted by Crippen LogP contribution is 2.48. The lowest BCUT2D eigenvalue weighted by molar-refractivity contribution is -0.149. The second kappa shape index (κ2) is 5.68. The van der Waals surface area contributed by atoms with Gasteiger partial charge in [-0.15, -0.1) is 0 Å². The van der Waals surface area contributed by atoms with Crippen LogP contribution in [0.3, 0.4) is 0 Å². The fraction of sp³-hybridized carbons (Fsp3) is 0.588. The monoisotopic (exact) mass is 289 g/mol. The SMILES string of the molecule is Cc1cccc(OCCN2C[C@@H]3CCC[C@@]3(C(=O)O)C2)c1. The van der Waals surface area contributed by atoms with Crippen LogP contribution < -0.4 is 4.74 Å². The fourth-order valence-corrected chi connectivity index (χ4v) is 3.91. The first-order valence-corrected chi connectivity index (χ1v) is 7.75. The lowest BCUT2D eigenvalue weighted by Gasteiger charge is -2.23. The molecule has 1 aliphatic carbocycles. The number of nitrogens with zero attached hydrogens (tertiary/aromatic N) is 1. The summed E-state index contributed by atoms with van der Waals surface area (Å²) in [5.41, 5.74) is 0.705. The minimum absolute atomic E-state index is 0.328. The van der Waals surface area contributed by atoms with Crippen molar-refractivity contribution in [2.24, 2.45) is 11.3 Å². The standard InChI is InChI=1S/C17H23NO3/c1-13-4-2-6-15(10-13)21-9-8-18-11-14-5-3-7-17(14,12-18)16(19)20/h2,4,6,10,14H,3,5,7-9,11-12H2,1H3,(H,19,20)/t14-,17+/m0/s1. The van der Waals surface area contributed by atoms with E-state index in [1.54, 1.807) is 0 Å². The van der Waals surface area contributed by atoms with Crippen molar-refractivity contribution in [3.63, 3.8) is 0 Å². The molecule has 114 valence electrons. The maximum absolute atomic E-state index is 11.6. The second-order valence-electron chi connectivity index (χ2n) is 6.45. The van der Waals surface area contributed by atoms with Crippen LogP contribution in [0.15, 0.2) is 24.3 Å². The Hall–Kier alpha value is -1.55. The van der Waals surface area contributed by atoms with Crippen LogP contribution in [0.2, 0.25) is 0 Å². The number of carboxylic acids is 1. The minimum Gasteiger partial charge on any atom is -0.492 e. The summed E-state index contributed by atoms with van der Waals surface area (Å²) in [6.07, 6.45) is 2.95.